The first kappa shape index (κ1) is 17.4. The van der Waals surface area contributed by atoms with Crippen LogP contribution in [0.1, 0.15) is 26.7 Å². The molecule has 5 nitrogen and oxygen atoms in total. The molecule has 0 aromatic rings. The van der Waals surface area contributed by atoms with Crippen LogP contribution >= 0.6 is 0 Å². The molecule has 0 aromatic heterocycles. The SMILES string of the molecule is CC(C)CC(CN)CC(=O)NCC1CN(C)CCN1C. The predicted octanol–water partition coefficient (Wildman–Crippen LogP) is 0.360. The van der Waals surface area contributed by atoms with Crippen LogP contribution in [0.15, 0.2) is 0 Å². The first-order valence-corrected chi connectivity index (χ1v) is 7.77. The maximum atomic E-state index is 12.0. The fourth-order valence-corrected chi connectivity index (χ4v) is 2.82. The summed E-state index contributed by atoms with van der Waals surface area (Å²) in [6, 6.07) is 0.416. The van der Waals surface area contributed by atoms with Crippen LogP contribution in [0.25, 0.3) is 0 Å². The molecule has 5 heteroatoms. The Labute approximate surface area is 123 Å². The molecule has 20 heavy (non-hydrogen) atoms. The van der Waals surface area contributed by atoms with Crippen LogP contribution in [0.5, 0.6) is 0 Å². The van der Waals surface area contributed by atoms with Gasteiger partial charge in [0.15, 0.2) is 0 Å². The van der Waals surface area contributed by atoms with Crippen molar-refractivity contribution in [3.8, 4) is 0 Å². The molecule has 0 spiro atoms. The average Bonchev–Trinajstić information content (AvgIpc) is 2.38. The molecule has 0 aliphatic carbocycles. The third-order valence-corrected chi connectivity index (χ3v) is 4.13. The number of nitrogens with two attached hydrogens (primary N) is 1. The van der Waals surface area contributed by atoms with Crippen LogP contribution in [0.4, 0.5) is 0 Å². The topological polar surface area (TPSA) is 61.6 Å². The van der Waals surface area contributed by atoms with Crippen molar-refractivity contribution >= 4 is 5.91 Å². The zero-order valence-corrected chi connectivity index (χ0v) is 13.6. The third kappa shape index (κ3) is 6.20. The third-order valence-electron chi connectivity index (χ3n) is 4.13. The number of amides is 1. The van der Waals surface area contributed by atoms with Gasteiger partial charge in [0.1, 0.15) is 0 Å². The molecule has 1 amide bonds. The van der Waals surface area contributed by atoms with Crippen molar-refractivity contribution in [3.63, 3.8) is 0 Å². The summed E-state index contributed by atoms with van der Waals surface area (Å²) in [6.45, 7) is 8.86. The molecule has 1 saturated heterocycles. The Morgan fingerprint density at radius 2 is 2.05 bits per heavy atom. The van der Waals surface area contributed by atoms with E-state index in [1.807, 2.05) is 0 Å². The molecule has 1 aliphatic heterocycles. The summed E-state index contributed by atoms with van der Waals surface area (Å²) in [5, 5.41) is 3.08. The Morgan fingerprint density at radius 3 is 2.65 bits per heavy atom. The normalized spacial score (nSPS) is 23.0. The second-order valence-electron chi connectivity index (χ2n) is 6.64. The lowest BCUT2D eigenvalue weighted by Gasteiger charge is -2.37. The molecular weight excluding hydrogens is 252 g/mol. The minimum atomic E-state index is 0.141. The van der Waals surface area contributed by atoms with E-state index >= 15 is 0 Å². The molecular formula is C15H32N4O. The fourth-order valence-electron chi connectivity index (χ4n) is 2.82. The Morgan fingerprint density at radius 1 is 1.35 bits per heavy atom. The van der Waals surface area contributed by atoms with Gasteiger partial charge in [-0.05, 0) is 38.9 Å². The average molecular weight is 284 g/mol. The van der Waals surface area contributed by atoms with Gasteiger partial charge in [0.25, 0.3) is 0 Å². The van der Waals surface area contributed by atoms with Crippen molar-refractivity contribution in [2.24, 2.45) is 17.6 Å². The van der Waals surface area contributed by atoms with Crippen molar-refractivity contribution in [1.29, 1.82) is 0 Å². The second-order valence-corrected chi connectivity index (χ2v) is 6.64. The first-order chi connectivity index (χ1) is 9.42. The number of rotatable bonds is 7. The molecule has 0 aromatic carbocycles. The number of piperazine rings is 1. The highest BCUT2D eigenvalue weighted by Gasteiger charge is 2.23. The number of likely N-dealkylation sites (N-methyl/N-ethyl adjacent to an activating group) is 2. The van der Waals surface area contributed by atoms with Crippen molar-refractivity contribution in [1.82, 2.24) is 15.1 Å². The highest BCUT2D eigenvalue weighted by Crippen LogP contribution is 2.14. The molecule has 1 rings (SSSR count). The van der Waals surface area contributed by atoms with Gasteiger partial charge < -0.3 is 16.0 Å². The van der Waals surface area contributed by atoms with E-state index in [9.17, 15) is 4.79 Å². The number of carbonyl (C=O) groups is 1. The van der Waals surface area contributed by atoms with Gasteiger partial charge in [-0.15, -0.1) is 0 Å². The van der Waals surface area contributed by atoms with Crippen LogP contribution in [-0.4, -0.2) is 68.6 Å². The van der Waals surface area contributed by atoms with Crippen molar-refractivity contribution in [2.45, 2.75) is 32.7 Å². The van der Waals surface area contributed by atoms with Gasteiger partial charge in [0, 0.05) is 38.6 Å². The molecule has 0 bridgehead atoms. The maximum absolute atomic E-state index is 12.0. The Hall–Kier alpha value is -0.650. The highest BCUT2D eigenvalue weighted by molar-refractivity contribution is 5.76. The molecule has 3 N–H and O–H groups in total. The van der Waals surface area contributed by atoms with Gasteiger partial charge in [-0.2, -0.15) is 0 Å². The van der Waals surface area contributed by atoms with Crippen molar-refractivity contribution in [2.75, 3.05) is 46.8 Å². The Bertz CT molecular complexity index is 296. The largest absolute Gasteiger partial charge is 0.354 e. The summed E-state index contributed by atoms with van der Waals surface area (Å²) in [4.78, 5) is 16.7. The standard InChI is InChI=1S/C15H32N4O/c1-12(2)7-13(9-16)8-15(20)17-10-14-11-18(3)5-6-19(14)4/h12-14H,5-11,16H2,1-4H3,(H,17,20). The van der Waals surface area contributed by atoms with E-state index in [1.54, 1.807) is 0 Å². The lowest BCUT2D eigenvalue weighted by molar-refractivity contribution is -0.122. The van der Waals surface area contributed by atoms with E-state index in [-0.39, 0.29) is 5.91 Å². The van der Waals surface area contributed by atoms with Crippen LogP contribution in [0.3, 0.4) is 0 Å². The Kier molecular flexibility index (Phi) is 7.48. The molecule has 2 unspecified atom stereocenters. The predicted molar refractivity (Wildman–Crippen MR) is 83.5 cm³/mol. The first-order valence-electron chi connectivity index (χ1n) is 7.77. The summed E-state index contributed by atoms with van der Waals surface area (Å²) in [5.74, 6) is 1.04. The Balaban J connectivity index is 2.31. The van der Waals surface area contributed by atoms with Crippen LogP contribution in [0.2, 0.25) is 0 Å². The summed E-state index contributed by atoms with van der Waals surface area (Å²) >= 11 is 0. The number of hydrogen-bond donors (Lipinski definition) is 2. The molecule has 1 aliphatic rings. The van der Waals surface area contributed by atoms with Gasteiger partial charge >= 0.3 is 0 Å². The van der Waals surface area contributed by atoms with E-state index in [0.717, 1.165) is 32.6 Å². The fraction of sp³-hybridized carbons (Fsp3) is 0.933. The van der Waals surface area contributed by atoms with Crippen molar-refractivity contribution in [3.05, 3.63) is 0 Å². The summed E-state index contributed by atoms with van der Waals surface area (Å²) in [6.07, 6.45) is 1.58. The van der Waals surface area contributed by atoms with Gasteiger partial charge in [0.2, 0.25) is 5.91 Å². The number of nitrogens with zero attached hydrogens (tertiary/aromatic N) is 2. The minimum absolute atomic E-state index is 0.141. The van der Waals surface area contributed by atoms with E-state index < -0.39 is 0 Å². The number of carbonyl (C=O) groups excluding carboxylic acids is 1. The molecule has 1 fully saturated rings. The lowest BCUT2D eigenvalue weighted by atomic mass is 9.94. The number of nitrogens with one attached hydrogen (secondary N) is 1. The second kappa shape index (κ2) is 8.60. The van der Waals surface area contributed by atoms with E-state index in [4.69, 9.17) is 5.73 Å². The summed E-state index contributed by atoms with van der Waals surface area (Å²) in [5.41, 5.74) is 5.75. The highest BCUT2D eigenvalue weighted by atomic mass is 16.1. The van der Waals surface area contributed by atoms with Gasteiger partial charge in [-0.3, -0.25) is 9.69 Å². The lowest BCUT2D eigenvalue weighted by Crippen LogP contribution is -2.54. The van der Waals surface area contributed by atoms with Crippen LogP contribution in [-0.2, 0) is 4.79 Å². The molecule has 2 atom stereocenters. The van der Waals surface area contributed by atoms with Gasteiger partial charge in [-0.25, -0.2) is 0 Å². The molecule has 118 valence electrons. The monoisotopic (exact) mass is 284 g/mol. The number of hydrogen-bond acceptors (Lipinski definition) is 4. The van der Waals surface area contributed by atoms with Crippen LogP contribution in [0, 0.1) is 11.8 Å². The maximum Gasteiger partial charge on any atom is 0.220 e. The zero-order valence-electron chi connectivity index (χ0n) is 13.6. The molecule has 0 radical (unpaired) electrons. The quantitative estimate of drug-likeness (QED) is 0.709. The summed E-state index contributed by atoms with van der Waals surface area (Å²) < 4.78 is 0. The minimum Gasteiger partial charge on any atom is -0.354 e. The smallest absolute Gasteiger partial charge is 0.220 e. The van der Waals surface area contributed by atoms with Gasteiger partial charge in [-0.1, -0.05) is 13.8 Å². The van der Waals surface area contributed by atoms with Crippen LogP contribution < -0.4 is 11.1 Å². The van der Waals surface area contributed by atoms with E-state index in [2.05, 4.69) is 43.1 Å². The van der Waals surface area contributed by atoms with Gasteiger partial charge in [0.05, 0.1) is 0 Å². The van der Waals surface area contributed by atoms with E-state index in [1.165, 1.54) is 0 Å². The van der Waals surface area contributed by atoms with E-state index in [0.29, 0.717) is 30.8 Å². The molecule has 0 saturated carbocycles. The van der Waals surface area contributed by atoms with Crippen molar-refractivity contribution < 1.29 is 4.79 Å². The zero-order chi connectivity index (χ0) is 15.1. The summed E-state index contributed by atoms with van der Waals surface area (Å²) in [7, 11) is 4.26. The molecule has 1 heterocycles.